The van der Waals surface area contributed by atoms with E-state index in [2.05, 4.69) is 15.6 Å². The maximum absolute atomic E-state index is 11.8. The minimum absolute atomic E-state index is 0.0793. The molecule has 0 aromatic carbocycles. The van der Waals surface area contributed by atoms with Gasteiger partial charge < -0.3 is 15.7 Å². The number of hydrogen-bond donors (Lipinski definition) is 3. The number of carbonyl (C=O) groups excluding carboxylic acids is 1. The van der Waals surface area contributed by atoms with E-state index < -0.39 is 5.97 Å². The molecule has 0 aliphatic rings. The van der Waals surface area contributed by atoms with Gasteiger partial charge in [0.25, 0.3) is 0 Å². The Morgan fingerprint density at radius 3 is 2.80 bits per heavy atom. The van der Waals surface area contributed by atoms with Crippen LogP contribution in [0.15, 0.2) is 11.6 Å². The fourth-order valence-corrected chi connectivity index (χ4v) is 2.47. The molecule has 3 N–H and O–H groups in total. The number of carbonyl (C=O) groups is 2. The summed E-state index contributed by atoms with van der Waals surface area (Å²) in [6.07, 6.45) is 3.17. The molecule has 0 radical (unpaired) electrons. The number of thiazole rings is 1. The quantitative estimate of drug-likeness (QED) is 0.687. The van der Waals surface area contributed by atoms with Crippen molar-refractivity contribution in [2.75, 3.05) is 6.54 Å². The van der Waals surface area contributed by atoms with E-state index in [4.69, 9.17) is 5.11 Å². The summed E-state index contributed by atoms with van der Waals surface area (Å²) in [6, 6.07) is -0.321. The second-order valence-electron chi connectivity index (χ2n) is 4.72. The van der Waals surface area contributed by atoms with Gasteiger partial charge in [0.05, 0.1) is 6.04 Å². The molecule has 0 bridgehead atoms. The highest BCUT2D eigenvalue weighted by Crippen LogP contribution is 2.18. The van der Waals surface area contributed by atoms with E-state index in [1.54, 1.807) is 6.20 Å². The van der Waals surface area contributed by atoms with E-state index in [0.29, 0.717) is 13.0 Å². The topological polar surface area (TPSA) is 91.3 Å². The summed E-state index contributed by atoms with van der Waals surface area (Å²) in [7, 11) is 0. The van der Waals surface area contributed by atoms with Gasteiger partial charge in [-0.1, -0.05) is 13.8 Å². The molecule has 1 rings (SSSR count). The number of hydrogen-bond acceptors (Lipinski definition) is 4. The van der Waals surface area contributed by atoms with Crippen molar-refractivity contribution in [2.24, 2.45) is 5.92 Å². The maximum atomic E-state index is 11.8. The number of nitrogens with zero attached hydrogens (tertiary/aromatic N) is 1. The summed E-state index contributed by atoms with van der Waals surface area (Å²) in [6.45, 7) is 4.37. The number of rotatable bonds is 8. The molecule has 2 atom stereocenters. The molecule has 0 saturated carbocycles. The summed E-state index contributed by atoms with van der Waals surface area (Å²) in [5, 5.41) is 17.0. The zero-order valence-corrected chi connectivity index (χ0v) is 12.6. The smallest absolute Gasteiger partial charge is 0.315 e. The summed E-state index contributed by atoms with van der Waals surface area (Å²) in [4.78, 5) is 26.4. The molecule has 6 nitrogen and oxygen atoms in total. The number of aliphatic carboxylic acids is 1. The average molecular weight is 299 g/mol. The van der Waals surface area contributed by atoms with Gasteiger partial charge in [-0.2, -0.15) is 0 Å². The van der Waals surface area contributed by atoms with Crippen molar-refractivity contribution in [2.45, 2.75) is 39.2 Å². The van der Waals surface area contributed by atoms with Crippen LogP contribution in [-0.2, 0) is 4.79 Å². The molecule has 0 aliphatic carbocycles. The van der Waals surface area contributed by atoms with Crippen LogP contribution in [0, 0.1) is 5.92 Å². The Morgan fingerprint density at radius 1 is 1.50 bits per heavy atom. The Hall–Kier alpha value is -1.63. The molecule has 7 heteroatoms. The van der Waals surface area contributed by atoms with Crippen LogP contribution in [0.2, 0.25) is 0 Å². The molecule has 0 saturated heterocycles. The molecule has 1 heterocycles. The van der Waals surface area contributed by atoms with Crippen LogP contribution in [0.3, 0.4) is 0 Å². The first-order chi connectivity index (χ1) is 9.52. The molecule has 112 valence electrons. The lowest BCUT2D eigenvalue weighted by molar-refractivity contribution is -0.137. The first-order valence-electron chi connectivity index (χ1n) is 6.68. The Morgan fingerprint density at radius 2 is 2.25 bits per heavy atom. The summed E-state index contributed by atoms with van der Waals surface area (Å²) >= 11 is 1.51. The summed E-state index contributed by atoms with van der Waals surface area (Å²) in [5.41, 5.74) is 0. The Bertz CT molecular complexity index is 423. The average Bonchev–Trinajstić information content (AvgIpc) is 2.94. The van der Waals surface area contributed by atoms with Crippen molar-refractivity contribution in [1.29, 1.82) is 0 Å². The van der Waals surface area contributed by atoms with Gasteiger partial charge in [-0.3, -0.25) is 4.79 Å². The zero-order chi connectivity index (χ0) is 15.0. The first-order valence-corrected chi connectivity index (χ1v) is 7.56. The van der Waals surface area contributed by atoms with Crippen molar-refractivity contribution >= 4 is 23.3 Å². The van der Waals surface area contributed by atoms with Crippen molar-refractivity contribution in [1.82, 2.24) is 15.6 Å². The van der Waals surface area contributed by atoms with Crippen molar-refractivity contribution in [3.8, 4) is 0 Å². The number of urea groups is 1. The van der Waals surface area contributed by atoms with Crippen LogP contribution in [0.1, 0.15) is 44.2 Å². The van der Waals surface area contributed by atoms with E-state index in [-0.39, 0.29) is 24.4 Å². The van der Waals surface area contributed by atoms with Crippen LogP contribution in [0.4, 0.5) is 4.79 Å². The normalized spacial score (nSPS) is 13.5. The standard InChI is InChI=1S/C13H21N3O3S/c1-3-10(12-14-6-7-20-12)16-13(19)15-8-9(2)4-5-11(17)18/h6-7,9-10H,3-5,8H2,1-2H3,(H,17,18)(H2,15,16,19). The summed E-state index contributed by atoms with van der Waals surface area (Å²) in [5.74, 6) is -0.673. The minimum Gasteiger partial charge on any atom is -0.481 e. The number of nitrogens with one attached hydrogen (secondary N) is 2. The molecule has 1 aromatic heterocycles. The molecule has 2 unspecified atom stereocenters. The molecule has 0 fully saturated rings. The van der Waals surface area contributed by atoms with Gasteiger partial charge in [0, 0.05) is 24.5 Å². The highest BCUT2D eigenvalue weighted by atomic mass is 32.1. The van der Waals surface area contributed by atoms with Crippen LogP contribution in [0.5, 0.6) is 0 Å². The lowest BCUT2D eigenvalue weighted by Gasteiger charge is -2.17. The molecule has 0 spiro atoms. The third-order valence-corrected chi connectivity index (χ3v) is 3.81. The van der Waals surface area contributed by atoms with E-state index in [0.717, 1.165) is 11.4 Å². The largest absolute Gasteiger partial charge is 0.481 e. The van der Waals surface area contributed by atoms with E-state index in [1.165, 1.54) is 11.3 Å². The molecule has 2 amide bonds. The number of carboxylic acids is 1. The minimum atomic E-state index is -0.809. The fourth-order valence-electron chi connectivity index (χ4n) is 1.69. The number of aromatic nitrogens is 1. The van der Waals surface area contributed by atoms with Crippen molar-refractivity contribution < 1.29 is 14.7 Å². The SMILES string of the molecule is CCC(NC(=O)NCC(C)CCC(=O)O)c1nccs1. The zero-order valence-electron chi connectivity index (χ0n) is 11.8. The van der Waals surface area contributed by atoms with E-state index in [1.807, 2.05) is 19.2 Å². The Balaban J connectivity index is 2.30. The highest BCUT2D eigenvalue weighted by molar-refractivity contribution is 7.09. The van der Waals surface area contributed by atoms with Gasteiger partial charge in [0.2, 0.25) is 0 Å². The van der Waals surface area contributed by atoms with Crippen LogP contribution in [0.25, 0.3) is 0 Å². The lowest BCUT2D eigenvalue weighted by Crippen LogP contribution is -2.39. The first kappa shape index (κ1) is 16.4. The van der Waals surface area contributed by atoms with Gasteiger partial charge in [-0.05, 0) is 18.8 Å². The van der Waals surface area contributed by atoms with Gasteiger partial charge in [-0.15, -0.1) is 11.3 Å². The van der Waals surface area contributed by atoms with Crippen LogP contribution in [-0.4, -0.2) is 28.6 Å². The van der Waals surface area contributed by atoms with Gasteiger partial charge in [-0.25, -0.2) is 9.78 Å². The van der Waals surface area contributed by atoms with Crippen molar-refractivity contribution in [3.63, 3.8) is 0 Å². The predicted molar refractivity (Wildman–Crippen MR) is 77.7 cm³/mol. The molecular formula is C13H21N3O3S. The monoisotopic (exact) mass is 299 g/mol. The summed E-state index contributed by atoms with van der Waals surface area (Å²) < 4.78 is 0. The lowest BCUT2D eigenvalue weighted by atomic mass is 10.1. The van der Waals surface area contributed by atoms with Crippen LogP contribution >= 0.6 is 11.3 Å². The number of amides is 2. The molecular weight excluding hydrogens is 278 g/mol. The highest BCUT2D eigenvalue weighted by Gasteiger charge is 2.15. The van der Waals surface area contributed by atoms with E-state index >= 15 is 0 Å². The molecule has 0 aliphatic heterocycles. The van der Waals surface area contributed by atoms with Gasteiger partial charge >= 0.3 is 12.0 Å². The molecule has 20 heavy (non-hydrogen) atoms. The maximum Gasteiger partial charge on any atom is 0.315 e. The Labute approximate surface area is 122 Å². The second-order valence-corrected chi connectivity index (χ2v) is 5.65. The predicted octanol–water partition coefficient (Wildman–Crippen LogP) is 2.39. The number of carboxylic acid groups (broad SMARTS) is 1. The van der Waals surface area contributed by atoms with E-state index in [9.17, 15) is 9.59 Å². The van der Waals surface area contributed by atoms with Gasteiger partial charge in [0.1, 0.15) is 5.01 Å². The van der Waals surface area contributed by atoms with Crippen molar-refractivity contribution in [3.05, 3.63) is 16.6 Å². The third-order valence-electron chi connectivity index (χ3n) is 2.93. The Kier molecular flexibility index (Phi) is 7.00. The third kappa shape index (κ3) is 6.01. The fraction of sp³-hybridized carbons (Fsp3) is 0.615. The second kappa shape index (κ2) is 8.52. The molecule has 1 aromatic rings. The van der Waals surface area contributed by atoms with Gasteiger partial charge in [0.15, 0.2) is 0 Å². The van der Waals surface area contributed by atoms with Crippen LogP contribution < -0.4 is 10.6 Å².